The largest absolute Gasteiger partial charge is 0.416 e. The maximum atomic E-state index is 12.9. The van der Waals surface area contributed by atoms with Crippen LogP contribution >= 0.6 is 0 Å². The zero-order valence-corrected chi connectivity index (χ0v) is 13.9. The Morgan fingerprint density at radius 2 is 1.92 bits per heavy atom. The number of allylic oxidation sites excluding steroid dienone is 5. The van der Waals surface area contributed by atoms with Gasteiger partial charge in [0.05, 0.1) is 5.56 Å². The molecular formula is C20H18F3NO. The maximum Gasteiger partial charge on any atom is 0.416 e. The minimum absolute atomic E-state index is 0.236. The molecule has 1 amide bonds. The maximum absolute atomic E-state index is 12.9. The Labute approximate surface area is 144 Å². The van der Waals surface area contributed by atoms with E-state index in [4.69, 9.17) is 0 Å². The Kier molecular flexibility index (Phi) is 3.63. The normalized spacial score (nSPS) is 21.8. The van der Waals surface area contributed by atoms with Crippen molar-refractivity contribution >= 4 is 17.2 Å². The van der Waals surface area contributed by atoms with Crippen molar-refractivity contribution in [2.24, 2.45) is 0 Å². The summed E-state index contributed by atoms with van der Waals surface area (Å²) in [6, 6.07) is 3.43. The minimum Gasteiger partial charge on any atom is -0.321 e. The van der Waals surface area contributed by atoms with E-state index in [-0.39, 0.29) is 11.6 Å². The number of fused-ring (bicyclic) bond motifs is 1. The van der Waals surface area contributed by atoms with Gasteiger partial charge >= 0.3 is 6.18 Å². The van der Waals surface area contributed by atoms with Crippen LogP contribution in [0.15, 0.2) is 46.6 Å². The van der Waals surface area contributed by atoms with Crippen LogP contribution in [0.3, 0.4) is 0 Å². The fraction of sp³-hybridized carbons (Fsp3) is 0.350. The highest BCUT2D eigenvalue weighted by Crippen LogP contribution is 2.43. The molecule has 0 fully saturated rings. The Morgan fingerprint density at radius 3 is 2.64 bits per heavy atom. The van der Waals surface area contributed by atoms with E-state index in [1.54, 1.807) is 0 Å². The molecule has 0 spiro atoms. The molecule has 4 rings (SSSR count). The number of anilines is 1. The van der Waals surface area contributed by atoms with Gasteiger partial charge in [0, 0.05) is 16.8 Å². The highest BCUT2D eigenvalue weighted by Gasteiger charge is 2.34. The number of benzene rings is 1. The number of amides is 1. The summed E-state index contributed by atoms with van der Waals surface area (Å²) in [5, 5.41) is 2.57. The van der Waals surface area contributed by atoms with Gasteiger partial charge in [0.1, 0.15) is 0 Å². The van der Waals surface area contributed by atoms with Crippen molar-refractivity contribution in [3.8, 4) is 0 Å². The molecule has 0 radical (unpaired) electrons. The molecule has 2 aliphatic carbocycles. The topological polar surface area (TPSA) is 29.1 Å². The lowest BCUT2D eigenvalue weighted by atomic mass is 9.91. The van der Waals surface area contributed by atoms with E-state index >= 15 is 0 Å². The van der Waals surface area contributed by atoms with Crippen molar-refractivity contribution in [3.05, 3.63) is 57.7 Å². The molecule has 1 aliphatic heterocycles. The van der Waals surface area contributed by atoms with Crippen LogP contribution in [-0.4, -0.2) is 5.91 Å². The highest BCUT2D eigenvalue weighted by molar-refractivity contribution is 6.32. The molecule has 130 valence electrons. The first-order chi connectivity index (χ1) is 11.8. The zero-order chi connectivity index (χ0) is 17.8. The average molecular weight is 345 g/mol. The predicted octanol–water partition coefficient (Wildman–Crippen LogP) is 5.63. The van der Waals surface area contributed by atoms with Crippen molar-refractivity contribution < 1.29 is 18.0 Å². The van der Waals surface area contributed by atoms with Crippen molar-refractivity contribution in [3.63, 3.8) is 0 Å². The molecule has 0 saturated carbocycles. The van der Waals surface area contributed by atoms with E-state index in [0.29, 0.717) is 11.1 Å². The third kappa shape index (κ3) is 2.71. The van der Waals surface area contributed by atoms with Crippen LogP contribution in [0.4, 0.5) is 18.9 Å². The van der Waals surface area contributed by atoms with Crippen molar-refractivity contribution in [1.82, 2.24) is 0 Å². The quantitative estimate of drug-likeness (QED) is 0.657. The lowest BCUT2D eigenvalue weighted by molar-refractivity contribution is -0.137. The molecule has 1 N–H and O–H groups in total. The Morgan fingerprint density at radius 1 is 1.16 bits per heavy atom. The number of hydrogen-bond acceptors (Lipinski definition) is 1. The second-order valence-corrected chi connectivity index (χ2v) is 6.89. The van der Waals surface area contributed by atoms with Gasteiger partial charge < -0.3 is 5.32 Å². The van der Waals surface area contributed by atoms with Gasteiger partial charge in [0.25, 0.3) is 5.91 Å². The van der Waals surface area contributed by atoms with Crippen LogP contribution in [0.5, 0.6) is 0 Å². The van der Waals surface area contributed by atoms with Crippen LogP contribution in [0.1, 0.15) is 50.2 Å². The molecule has 1 aromatic rings. The van der Waals surface area contributed by atoms with E-state index in [9.17, 15) is 18.0 Å². The number of carbonyl (C=O) groups excluding carboxylic acids is 1. The Balaban J connectivity index is 1.70. The molecule has 3 aliphatic rings. The van der Waals surface area contributed by atoms with Crippen LogP contribution in [0.2, 0.25) is 0 Å². The number of hydrogen-bond donors (Lipinski definition) is 1. The summed E-state index contributed by atoms with van der Waals surface area (Å²) in [5.74, 6) is -0.334. The number of halogens is 3. The van der Waals surface area contributed by atoms with E-state index < -0.39 is 11.7 Å². The molecule has 5 heteroatoms. The molecule has 0 unspecified atom stereocenters. The lowest BCUT2D eigenvalue weighted by Gasteiger charge is -2.14. The summed E-state index contributed by atoms with van der Waals surface area (Å²) in [5.41, 5.74) is 5.72. The molecule has 0 atom stereocenters. The molecule has 1 aromatic carbocycles. The van der Waals surface area contributed by atoms with Gasteiger partial charge in [0.2, 0.25) is 0 Å². The molecule has 1 heterocycles. The predicted molar refractivity (Wildman–Crippen MR) is 90.9 cm³/mol. The van der Waals surface area contributed by atoms with Gasteiger partial charge in [-0.15, -0.1) is 0 Å². The summed E-state index contributed by atoms with van der Waals surface area (Å²) in [6.07, 6.45) is 2.90. The molecule has 0 saturated heterocycles. The van der Waals surface area contributed by atoms with Crippen LogP contribution in [-0.2, 0) is 11.0 Å². The zero-order valence-electron chi connectivity index (χ0n) is 13.9. The van der Waals surface area contributed by atoms with Gasteiger partial charge in [0.15, 0.2) is 0 Å². The second-order valence-electron chi connectivity index (χ2n) is 6.89. The first-order valence-electron chi connectivity index (χ1n) is 8.50. The number of carbonyl (C=O) groups is 1. The summed E-state index contributed by atoms with van der Waals surface area (Å²) in [4.78, 5) is 12.3. The Hall–Kier alpha value is -2.30. The summed E-state index contributed by atoms with van der Waals surface area (Å²) < 4.78 is 38.6. The first-order valence-corrected chi connectivity index (χ1v) is 8.50. The lowest BCUT2D eigenvalue weighted by Crippen LogP contribution is -2.06. The van der Waals surface area contributed by atoms with Gasteiger partial charge in [-0.05, 0) is 74.0 Å². The number of nitrogens with one attached hydrogen (secondary N) is 1. The molecule has 25 heavy (non-hydrogen) atoms. The van der Waals surface area contributed by atoms with Crippen molar-refractivity contribution in [2.75, 3.05) is 5.32 Å². The van der Waals surface area contributed by atoms with E-state index in [1.807, 2.05) is 6.08 Å². The highest BCUT2D eigenvalue weighted by atomic mass is 19.4. The van der Waals surface area contributed by atoms with Crippen LogP contribution in [0.25, 0.3) is 5.57 Å². The van der Waals surface area contributed by atoms with E-state index in [2.05, 4.69) is 12.2 Å². The summed E-state index contributed by atoms with van der Waals surface area (Å²) >= 11 is 0. The fourth-order valence-electron chi connectivity index (χ4n) is 4.02. The Bertz CT molecular complexity index is 871. The third-order valence-electron chi connectivity index (χ3n) is 5.37. The van der Waals surface area contributed by atoms with Crippen molar-refractivity contribution in [1.29, 1.82) is 0 Å². The van der Waals surface area contributed by atoms with Gasteiger partial charge in [-0.25, -0.2) is 0 Å². The fourth-order valence-corrected chi connectivity index (χ4v) is 4.02. The standard InChI is InChI=1S/C20H18F3NO/c1-11-13(8-12-4-2-3-5-15(11)12)9-17-16-7-6-14(20(21,22)23)10-18(16)24-19(17)25/h6-7,9-10H,2-5,8H2,1H3,(H,24,25). The van der Waals surface area contributed by atoms with E-state index in [1.165, 1.54) is 35.6 Å². The summed E-state index contributed by atoms with van der Waals surface area (Å²) in [6.45, 7) is 2.08. The number of rotatable bonds is 1. The number of alkyl halides is 3. The second kappa shape index (κ2) is 5.61. The van der Waals surface area contributed by atoms with E-state index in [0.717, 1.165) is 37.0 Å². The first kappa shape index (κ1) is 16.2. The van der Waals surface area contributed by atoms with Gasteiger partial charge in [-0.3, -0.25) is 4.79 Å². The molecular weight excluding hydrogens is 327 g/mol. The van der Waals surface area contributed by atoms with Crippen LogP contribution < -0.4 is 5.32 Å². The van der Waals surface area contributed by atoms with Crippen molar-refractivity contribution in [2.45, 2.75) is 45.2 Å². The minimum atomic E-state index is -4.42. The van der Waals surface area contributed by atoms with Gasteiger partial charge in [-0.2, -0.15) is 13.2 Å². The molecule has 0 bridgehead atoms. The smallest absolute Gasteiger partial charge is 0.321 e. The third-order valence-corrected chi connectivity index (χ3v) is 5.37. The molecule has 0 aromatic heterocycles. The van der Waals surface area contributed by atoms with Crippen LogP contribution in [0, 0.1) is 0 Å². The van der Waals surface area contributed by atoms with Gasteiger partial charge in [-0.1, -0.05) is 11.6 Å². The SMILES string of the molecule is CC1=C(C=C2C(=O)Nc3cc(C(F)(F)F)ccc32)CC2=C1CCCC2. The molecule has 2 nitrogen and oxygen atoms in total. The average Bonchev–Trinajstić information content (AvgIpc) is 3.04. The summed E-state index contributed by atoms with van der Waals surface area (Å²) in [7, 11) is 0. The monoisotopic (exact) mass is 345 g/mol.